The molecule has 0 saturated carbocycles. The van der Waals surface area contributed by atoms with Gasteiger partial charge in [0.25, 0.3) is 0 Å². The van der Waals surface area contributed by atoms with Gasteiger partial charge in [-0.25, -0.2) is 4.98 Å². The first-order valence-corrected chi connectivity index (χ1v) is 8.45. The van der Waals surface area contributed by atoms with Crippen LogP contribution < -0.4 is 5.32 Å². The SMILES string of the molecule is CC(C)N1CCC(CNc2nccc3c(Br)cccc23)C1. The van der Waals surface area contributed by atoms with Gasteiger partial charge in [-0.1, -0.05) is 28.1 Å². The Morgan fingerprint density at radius 1 is 1.33 bits per heavy atom. The number of benzene rings is 1. The highest BCUT2D eigenvalue weighted by atomic mass is 79.9. The van der Waals surface area contributed by atoms with Crippen molar-refractivity contribution in [2.24, 2.45) is 5.92 Å². The van der Waals surface area contributed by atoms with E-state index in [1.807, 2.05) is 6.20 Å². The normalized spacial score (nSPS) is 19.5. The summed E-state index contributed by atoms with van der Waals surface area (Å²) in [4.78, 5) is 7.07. The molecular formula is C17H22BrN3. The highest BCUT2D eigenvalue weighted by molar-refractivity contribution is 9.10. The summed E-state index contributed by atoms with van der Waals surface area (Å²) in [6.45, 7) is 7.97. The fourth-order valence-electron chi connectivity index (χ4n) is 3.05. The fraction of sp³-hybridized carbons (Fsp3) is 0.471. The number of aromatic nitrogens is 1. The minimum Gasteiger partial charge on any atom is -0.369 e. The number of hydrogen-bond donors (Lipinski definition) is 1. The Balaban J connectivity index is 1.70. The molecule has 112 valence electrons. The van der Waals surface area contributed by atoms with Gasteiger partial charge >= 0.3 is 0 Å². The molecule has 1 N–H and O–H groups in total. The molecule has 0 bridgehead atoms. The quantitative estimate of drug-likeness (QED) is 0.900. The van der Waals surface area contributed by atoms with Crippen LogP contribution in [0.4, 0.5) is 5.82 Å². The zero-order chi connectivity index (χ0) is 14.8. The third-order valence-corrected chi connectivity index (χ3v) is 5.05. The van der Waals surface area contributed by atoms with Gasteiger partial charge in [-0.05, 0) is 44.9 Å². The molecule has 1 saturated heterocycles. The number of likely N-dealkylation sites (tertiary alicyclic amines) is 1. The van der Waals surface area contributed by atoms with E-state index in [1.54, 1.807) is 0 Å². The monoisotopic (exact) mass is 347 g/mol. The number of rotatable bonds is 4. The lowest BCUT2D eigenvalue weighted by molar-refractivity contribution is 0.266. The van der Waals surface area contributed by atoms with Crippen molar-refractivity contribution in [3.8, 4) is 0 Å². The van der Waals surface area contributed by atoms with Gasteiger partial charge in [0.2, 0.25) is 0 Å². The maximum Gasteiger partial charge on any atom is 0.133 e. The number of nitrogens with one attached hydrogen (secondary N) is 1. The first-order chi connectivity index (χ1) is 10.1. The van der Waals surface area contributed by atoms with Gasteiger partial charge in [-0.2, -0.15) is 0 Å². The van der Waals surface area contributed by atoms with Crippen molar-refractivity contribution in [1.29, 1.82) is 0 Å². The van der Waals surface area contributed by atoms with Gasteiger partial charge in [-0.15, -0.1) is 0 Å². The van der Waals surface area contributed by atoms with E-state index in [1.165, 1.54) is 30.3 Å². The largest absolute Gasteiger partial charge is 0.369 e. The second kappa shape index (κ2) is 6.32. The lowest BCUT2D eigenvalue weighted by Gasteiger charge is -2.20. The van der Waals surface area contributed by atoms with E-state index in [4.69, 9.17) is 0 Å². The van der Waals surface area contributed by atoms with Crippen molar-refractivity contribution < 1.29 is 0 Å². The Bertz CT molecular complexity index is 626. The molecule has 2 heterocycles. The number of halogens is 1. The van der Waals surface area contributed by atoms with Crippen LogP contribution in [0.2, 0.25) is 0 Å². The second-order valence-electron chi connectivity index (χ2n) is 6.12. The van der Waals surface area contributed by atoms with Crippen LogP contribution in [-0.4, -0.2) is 35.6 Å². The molecule has 1 aromatic carbocycles. The summed E-state index contributed by atoms with van der Waals surface area (Å²) in [7, 11) is 0. The molecule has 1 aliphatic heterocycles. The maximum atomic E-state index is 4.52. The maximum absolute atomic E-state index is 4.52. The van der Waals surface area contributed by atoms with Crippen molar-refractivity contribution in [1.82, 2.24) is 9.88 Å². The summed E-state index contributed by atoms with van der Waals surface area (Å²) < 4.78 is 1.12. The summed E-state index contributed by atoms with van der Waals surface area (Å²) in [5.41, 5.74) is 0. The van der Waals surface area contributed by atoms with Crippen LogP contribution in [0.5, 0.6) is 0 Å². The summed E-state index contributed by atoms with van der Waals surface area (Å²) in [5.74, 6) is 1.72. The molecule has 0 radical (unpaired) electrons. The third-order valence-electron chi connectivity index (χ3n) is 4.36. The molecule has 21 heavy (non-hydrogen) atoms. The number of anilines is 1. The summed E-state index contributed by atoms with van der Waals surface area (Å²) in [5, 5.41) is 5.96. The molecule has 2 aromatic rings. The molecule has 1 unspecified atom stereocenters. The molecule has 4 heteroatoms. The van der Waals surface area contributed by atoms with E-state index >= 15 is 0 Å². The molecule has 1 aliphatic rings. The smallest absolute Gasteiger partial charge is 0.133 e. The van der Waals surface area contributed by atoms with E-state index in [0.717, 1.165) is 22.8 Å². The third kappa shape index (κ3) is 3.22. The number of pyridine rings is 1. The van der Waals surface area contributed by atoms with Crippen LogP contribution in [0.1, 0.15) is 20.3 Å². The topological polar surface area (TPSA) is 28.2 Å². The van der Waals surface area contributed by atoms with E-state index < -0.39 is 0 Å². The summed E-state index contributed by atoms with van der Waals surface area (Å²) in [6.07, 6.45) is 3.16. The van der Waals surface area contributed by atoms with Crippen molar-refractivity contribution >= 4 is 32.5 Å². The highest BCUT2D eigenvalue weighted by Crippen LogP contribution is 2.28. The van der Waals surface area contributed by atoms with E-state index in [-0.39, 0.29) is 0 Å². The van der Waals surface area contributed by atoms with Gasteiger partial charge in [0, 0.05) is 40.6 Å². The Labute approximate surface area is 134 Å². The molecule has 3 rings (SSSR count). The average Bonchev–Trinajstić information content (AvgIpc) is 2.95. The number of hydrogen-bond acceptors (Lipinski definition) is 3. The van der Waals surface area contributed by atoms with Gasteiger partial charge < -0.3 is 10.2 Å². The zero-order valence-electron chi connectivity index (χ0n) is 12.6. The van der Waals surface area contributed by atoms with Crippen LogP contribution in [0.25, 0.3) is 10.8 Å². The summed E-state index contributed by atoms with van der Waals surface area (Å²) >= 11 is 3.61. The molecular weight excluding hydrogens is 326 g/mol. The second-order valence-corrected chi connectivity index (χ2v) is 6.97. The average molecular weight is 348 g/mol. The first-order valence-electron chi connectivity index (χ1n) is 7.66. The van der Waals surface area contributed by atoms with Crippen LogP contribution in [-0.2, 0) is 0 Å². The lowest BCUT2D eigenvalue weighted by Crippen LogP contribution is -2.29. The van der Waals surface area contributed by atoms with Crippen LogP contribution >= 0.6 is 15.9 Å². The Morgan fingerprint density at radius 3 is 2.95 bits per heavy atom. The Kier molecular flexibility index (Phi) is 4.45. The van der Waals surface area contributed by atoms with Gasteiger partial charge in [0.05, 0.1) is 0 Å². The predicted molar refractivity (Wildman–Crippen MR) is 92.7 cm³/mol. The van der Waals surface area contributed by atoms with Crippen LogP contribution in [0.3, 0.4) is 0 Å². The minimum absolute atomic E-state index is 0.654. The van der Waals surface area contributed by atoms with Gasteiger partial charge in [-0.3, -0.25) is 0 Å². The molecule has 0 spiro atoms. The minimum atomic E-state index is 0.654. The van der Waals surface area contributed by atoms with E-state index in [9.17, 15) is 0 Å². The van der Waals surface area contributed by atoms with Gasteiger partial charge in [0.15, 0.2) is 0 Å². The zero-order valence-corrected chi connectivity index (χ0v) is 14.2. The standard InChI is InChI=1S/C17H22BrN3/c1-12(2)21-9-7-13(11-21)10-20-17-15-4-3-5-16(18)14(15)6-8-19-17/h3-6,8,12-13H,7,9-11H2,1-2H3,(H,19,20). The van der Waals surface area contributed by atoms with Crippen LogP contribution in [0.15, 0.2) is 34.9 Å². The molecule has 1 aromatic heterocycles. The molecule has 0 aliphatic carbocycles. The van der Waals surface area contributed by atoms with E-state index in [0.29, 0.717) is 6.04 Å². The number of fused-ring (bicyclic) bond motifs is 1. The highest BCUT2D eigenvalue weighted by Gasteiger charge is 2.24. The molecule has 0 amide bonds. The lowest BCUT2D eigenvalue weighted by atomic mass is 10.1. The molecule has 1 fully saturated rings. The Morgan fingerprint density at radius 2 is 2.19 bits per heavy atom. The van der Waals surface area contributed by atoms with Gasteiger partial charge in [0.1, 0.15) is 5.82 Å². The molecule has 1 atom stereocenters. The first kappa shape index (κ1) is 14.8. The van der Waals surface area contributed by atoms with Crippen LogP contribution in [0, 0.1) is 5.92 Å². The van der Waals surface area contributed by atoms with Crippen molar-refractivity contribution in [3.63, 3.8) is 0 Å². The summed E-state index contributed by atoms with van der Waals surface area (Å²) in [6, 6.07) is 8.98. The molecule has 3 nitrogen and oxygen atoms in total. The van der Waals surface area contributed by atoms with Crippen molar-refractivity contribution in [3.05, 3.63) is 34.9 Å². The van der Waals surface area contributed by atoms with E-state index in [2.05, 4.69) is 69.2 Å². The fourth-order valence-corrected chi connectivity index (χ4v) is 3.55. The number of nitrogens with zero attached hydrogens (tertiary/aromatic N) is 2. The van der Waals surface area contributed by atoms with Crippen molar-refractivity contribution in [2.75, 3.05) is 25.0 Å². The van der Waals surface area contributed by atoms with Crippen molar-refractivity contribution in [2.45, 2.75) is 26.3 Å². The predicted octanol–water partition coefficient (Wildman–Crippen LogP) is 4.14. The Hall–Kier alpha value is -1.13.